The lowest BCUT2D eigenvalue weighted by Crippen LogP contribution is -2.14. The summed E-state index contributed by atoms with van der Waals surface area (Å²) >= 11 is 5.79. The highest BCUT2D eigenvalue weighted by molar-refractivity contribution is 6.30. The highest BCUT2D eigenvalue weighted by Gasteiger charge is 2.28. The van der Waals surface area contributed by atoms with E-state index in [9.17, 15) is 18.0 Å². The molecule has 1 aliphatic rings. The topological polar surface area (TPSA) is 69.6 Å². The zero-order valence-electron chi connectivity index (χ0n) is 14.3. The molecule has 3 aromatic rings. The van der Waals surface area contributed by atoms with Crippen molar-refractivity contribution in [3.63, 3.8) is 0 Å². The normalized spacial score (nSPS) is 13.0. The van der Waals surface area contributed by atoms with Gasteiger partial charge in [0, 0.05) is 24.8 Å². The highest BCUT2D eigenvalue weighted by Crippen LogP contribution is 2.39. The van der Waals surface area contributed by atoms with Gasteiger partial charge in [-0.2, -0.15) is 0 Å². The number of ether oxygens (including phenoxy) is 1. The number of aromatic nitrogens is 2. The van der Waals surface area contributed by atoms with Crippen LogP contribution in [0.4, 0.5) is 18.9 Å². The van der Waals surface area contributed by atoms with Gasteiger partial charge in [-0.3, -0.25) is 9.52 Å². The van der Waals surface area contributed by atoms with Crippen molar-refractivity contribution < 1.29 is 22.4 Å². The number of aliphatic imine (C=N–C) groups is 1. The maximum Gasteiger partial charge on any atom is 0.446 e. The molecule has 0 unspecified atom stereocenters. The molecule has 0 bridgehead atoms. The first kappa shape index (κ1) is 18.5. The van der Waals surface area contributed by atoms with Crippen LogP contribution in [-0.4, -0.2) is 29.2 Å². The predicted octanol–water partition coefficient (Wildman–Crippen LogP) is 3.84. The van der Waals surface area contributed by atoms with E-state index in [0.29, 0.717) is 11.3 Å². The predicted molar refractivity (Wildman–Crippen MR) is 95.1 cm³/mol. The maximum atomic E-state index is 14.2. The molecular formula is C18H11ClF3N3O3. The minimum atomic E-state index is -1.16. The van der Waals surface area contributed by atoms with Crippen LogP contribution in [0.25, 0.3) is 17.1 Å². The first-order valence-electron chi connectivity index (χ1n) is 8.01. The maximum absolute atomic E-state index is 14.2. The van der Waals surface area contributed by atoms with Gasteiger partial charge < -0.3 is 4.74 Å². The van der Waals surface area contributed by atoms with Crippen molar-refractivity contribution in [2.75, 3.05) is 13.7 Å². The van der Waals surface area contributed by atoms with E-state index in [1.54, 1.807) is 0 Å². The first-order valence-corrected chi connectivity index (χ1v) is 8.39. The minimum Gasteiger partial charge on any atom is -0.379 e. The van der Waals surface area contributed by atoms with Gasteiger partial charge in [0.05, 0.1) is 17.3 Å². The van der Waals surface area contributed by atoms with Crippen molar-refractivity contribution >= 4 is 23.0 Å². The standard InChI is InChI=1S/C18H11ClF3N3O3/c1-27-7-8-4-10-11(6-14(21)15(22)16(10)23-8)17-24-28-18(26)25(17)9-2-3-13(20)12(19)5-9/h2-3,5-6H,4,7H2,1H3. The van der Waals surface area contributed by atoms with Gasteiger partial charge in [0.1, 0.15) is 11.5 Å². The van der Waals surface area contributed by atoms with Crippen LogP contribution in [0.1, 0.15) is 5.56 Å². The van der Waals surface area contributed by atoms with Crippen molar-refractivity contribution in [1.82, 2.24) is 9.72 Å². The average Bonchev–Trinajstić information content (AvgIpc) is 3.25. The van der Waals surface area contributed by atoms with Crippen LogP contribution in [0, 0.1) is 17.5 Å². The van der Waals surface area contributed by atoms with Crippen LogP contribution in [0.2, 0.25) is 5.02 Å². The number of hydrogen-bond donors (Lipinski definition) is 0. The Morgan fingerprint density at radius 1 is 1.25 bits per heavy atom. The van der Waals surface area contributed by atoms with Crippen LogP contribution in [0.3, 0.4) is 0 Å². The van der Waals surface area contributed by atoms with Gasteiger partial charge in [0.25, 0.3) is 0 Å². The first-order chi connectivity index (χ1) is 13.4. The summed E-state index contributed by atoms with van der Waals surface area (Å²) in [6.07, 6.45) is 0.181. The molecule has 0 radical (unpaired) electrons. The number of fused-ring (bicyclic) bond motifs is 1. The summed E-state index contributed by atoms with van der Waals surface area (Å²) in [5.41, 5.74) is 0.921. The zero-order chi connectivity index (χ0) is 20.0. The summed E-state index contributed by atoms with van der Waals surface area (Å²) < 4.78 is 52.6. The molecule has 0 fully saturated rings. The van der Waals surface area contributed by atoms with Crippen molar-refractivity contribution in [2.45, 2.75) is 6.42 Å². The minimum absolute atomic E-state index is 0.0864. The SMILES string of the molecule is COCC1=Nc2c(F)c(F)cc(-c3noc(=O)n3-c3ccc(F)c(Cl)c3)c2C1. The summed E-state index contributed by atoms with van der Waals surface area (Å²) in [4.78, 5) is 16.3. The molecule has 0 amide bonds. The van der Waals surface area contributed by atoms with Gasteiger partial charge in [-0.05, 0) is 29.8 Å². The fourth-order valence-corrected chi connectivity index (χ4v) is 3.24. The van der Waals surface area contributed by atoms with Crippen LogP contribution < -0.4 is 5.76 Å². The molecule has 2 aromatic carbocycles. The van der Waals surface area contributed by atoms with E-state index in [-0.39, 0.29) is 40.8 Å². The molecule has 1 aromatic heterocycles. The number of halogens is 4. The van der Waals surface area contributed by atoms with Gasteiger partial charge in [-0.25, -0.2) is 22.5 Å². The Hall–Kier alpha value is -2.91. The fraction of sp³-hybridized carbons (Fsp3) is 0.167. The van der Waals surface area contributed by atoms with Crippen molar-refractivity contribution in [3.8, 4) is 17.1 Å². The van der Waals surface area contributed by atoms with Gasteiger partial charge in [-0.1, -0.05) is 16.8 Å². The van der Waals surface area contributed by atoms with E-state index in [1.807, 2.05) is 0 Å². The van der Waals surface area contributed by atoms with Crippen molar-refractivity contribution in [1.29, 1.82) is 0 Å². The Kier molecular flexibility index (Phi) is 4.56. The Bertz CT molecular complexity index is 1190. The van der Waals surface area contributed by atoms with Crippen molar-refractivity contribution in [2.24, 2.45) is 4.99 Å². The lowest BCUT2D eigenvalue weighted by atomic mass is 10.0. The molecule has 0 spiro atoms. The van der Waals surface area contributed by atoms with Gasteiger partial charge in [0.15, 0.2) is 17.5 Å². The smallest absolute Gasteiger partial charge is 0.379 e. The number of nitrogens with zero attached hydrogens (tertiary/aromatic N) is 3. The molecule has 4 rings (SSSR count). The number of rotatable bonds is 4. The molecule has 28 heavy (non-hydrogen) atoms. The summed E-state index contributed by atoms with van der Waals surface area (Å²) in [7, 11) is 1.46. The molecule has 10 heteroatoms. The summed E-state index contributed by atoms with van der Waals surface area (Å²) in [5, 5.41) is 3.48. The van der Waals surface area contributed by atoms with Crippen LogP contribution >= 0.6 is 11.6 Å². The molecule has 2 heterocycles. The number of methoxy groups -OCH3 is 1. The molecule has 144 valence electrons. The third-order valence-electron chi connectivity index (χ3n) is 4.27. The monoisotopic (exact) mass is 409 g/mol. The zero-order valence-corrected chi connectivity index (χ0v) is 15.1. The summed E-state index contributed by atoms with van der Waals surface area (Å²) in [5.74, 6) is -3.92. The highest BCUT2D eigenvalue weighted by atomic mass is 35.5. The Morgan fingerprint density at radius 2 is 2.04 bits per heavy atom. The molecule has 0 saturated carbocycles. The Balaban J connectivity index is 1.92. The molecule has 0 saturated heterocycles. The van der Waals surface area contributed by atoms with Crippen LogP contribution in [0.5, 0.6) is 0 Å². The van der Waals surface area contributed by atoms with Gasteiger partial charge in [0.2, 0.25) is 0 Å². The third-order valence-corrected chi connectivity index (χ3v) is 4.56. The lowest BCUT2D eigenvalue weighted by Gasteiger charge is -2.10. The second-order valence-corrected chi connectivity index (χ2v) is 6.45. The van der Waals surface area contributed by atoms with E-state index in [2.05, 4.69) is 10.1 Å². The second kappa shape index (κ2) is 6.92. The molecule has 0 N–H and O–H groups in total. The molecule has 0 atom stereocenters. The van der Waals surface area contributed by atoms with E-state index in [1.165, 1.54) is 19.2 Å². The van der Waals surface area contributed by atoms with E-state index < -0.39 is 23.2 Å². The van der Waals surface area contributed by atoms with E-state index >= 15 is 0 Å². The Labute approximate surface area is 160 Å². The van der Waals surface area contributed by atoms with E-state index in [4.69, 9.17) is 20.9 Å². The quantitative estimate of drug-likeness (QED) is 0.656. The largest absolute Gasteiger partial charge is 0.446 e. The summed E-state index contributed by atoms with van der Waals surface area (Å²) in [6, 6.07) is 4.47. The molecular weight excluding hydrogens is 399 g/mol. The average molecular weight is 410 g/mol. The molecule has 0 aliphatic carbocycles. The fourth-order valence-electron chi connectivity index (χ4n) is 3.07. The van der Waals surface area contributed by atoms with Gasteiger partial charge in [-0.15, -0.1) is 0 Å². The van der Waals surface area contributed by atoms with Gasteiger partial charge >= 0.3 is 5.76 Å². The van der Waals surface area contributed by atoms with Crippen LogP contribution in [-0.2, 0) is 11.2 Å². The lowest BCUT2D eigenvalue weighted by molar-refractivity contribution is 0.244. The Morgan fingerprint density at radius 3 is 2.75 bits per heavy atom. The summed E-state index contributed by atoms with van der Waals surface area (Å²) in [6.45, 7) is 0.133. The van der Waals surface area contributed by atoms with Crippen molar-refractivity contribution in [3.05, 3.63) is 62.9 Å². The second-order valence-electron chi connectivity index (χ2n) is 6.04. The molecule has 1 aliphatic heterocycles. The number of benzene rings is 2. The third kappa shape index (κ3) is 2.92. The molecule has 6 nitrogen and oxygen atoms in total. The van der Waals surface area contributed by atoms with Crippen LogP contribution in [0.15, 0.2) is 38.6 Å². The number of hydrogen-bond acceptors (Lipinski definition) is 5. The van der Waals surface area contributed by atoms with E-state index in [0.717, 1.165) is 16.7 Å².